The molecule has 0 spiro atoms. The van der Waals surface area contributed by atoms with Crippen molar-refractivity contribution in [3.05, 3.63) is 17.7 Å². The monoisotopic (exact) mass is 211 g/mol. The molecule has 1 aromatic rings. The van der Waals surface area contributed by atoms with E-state index >= 15 is 0 Å². The Morgan fingerprint density at radius 3 is 2.13 bits per heavy atom. The number of benzene rings is 1. The van der Waals surface area contributed by atoms with E-state index in [0.717, 1.165) is 29.3 Å². The number of ether oxygens (including phenoxy) is 2. The van der Waals surface area contributed by atoms with Gasteiger partial charge in [-0.3, -0.25) is 0 Å². The number of aryl methyl sites for hydroxylation is 1. The summed E-state index contributed by atoms with van der Waals surface area (Å²) in [6.45, 7) is 5.01. The molecule has 0 bridgehead atoms. The molecule has 0 aromatic heterocycles. The first kappa shape index (κ1) is 13.6. The number of hydrogen-bond donors (Lipinski definition) is 1. The average molecular weight is 211 g/mol. The lowest BCUT2D eigenvalue weighted by atomic mass is 10.1. The van der Waals surface area contributed by atoms with E-state index < -0.39 is 0 Å². The van der Waals surface area contributed by atoms with Crippen molar-refractivity contribution in [3.8, 4) is 11.5 Å². The lowest BCUT2D eigenvalue weighted by Crippen LogP contribution is -2.00. The molecule has 15 heavy (non-hydrogen) atoms. The van der Waals surface area contributed by atoms with Gasteiger partial charge in [-0.15, -0.1) is 0 Å². The predicted octanol–water partition coefficient (Wildman–Crippen LogP) is 3.08. The van der Waals surface area contributed by atoms with Gasteiger partial charge in [0.15, 0.2) is 11.5 Å². The average Bonchev–Trinajstić information content (AvgIpc) is 2.20. The van der Waals surface area contributed by atoms with E-state index in [1.807, 2.05) is 19.1 Å². The first-order valence-corrected chi connectivity index (χ1v) is 4.69. The van der Waals surface area contributed by atoms with Gasteiger partial charge < -0.3 is 14.8 Å². The molecule has 1 N–H and O–H groups in total. The molecule has 0 atom stereocenters. The van der Waals surface area contributed by atoms with Gasteiger partial charge in [-0.1, -0.05) is 7.43 Å². The molecule has 0 heterocycles. The quantitative estimate of drug-likeness (QED) is 0.830. The Bertz CT molecular complexity index is 311. The van der Waals surface area contributed by atoms with Crippen LogP contribution in [0.5, 0.6) is 11.5 Å². The molecule has 3 heteroatoms. The van der Waals surface area contributed by atoms with E-state index in [1.54, 1.807) is 14.2 Å². The minimum Gasteiger partial charge on any atom is -0.493 e. The standard InChI is InChI=1S/C11H17NO2.CH4/c1-5-12-9-7-11(14-4)10(13-3)6-8(9)2;/h6-7,12H,5H2,1-4H3;1H4. The Labute approximate surface area is 92.4 Å². The zero-order valence-corrected chi connectivity index (χ0v) is 9.18. The molecule has 0 saturated carbocycles. The molecule has 0 unspecified atom stereocenters. The van der Waals surface area contributed by atoms with E-state index in [-0.39, 0.29) is 7.43 Å². The zero-order chi connectivity index (χ0) is 10.6. The van der Waals surface area contributed by atoms with Crippen LogP contribution in [0, 0.1) is 6.92 Å². The third kappa shape index (κ3) is 3.05. The van der Waals surface area contributed by atoms with Crippen molar-refractivity contribution in [3.63, 3.8) is 0 Å². The second-order valence-electron chi connectivity index (χ2n) is 3.05. The first-order valence-electron chi connectivity index (χ1n) is 4.69. The molecule has 1 aromatic carbocycles. The number of nitrogens with one attached hydrogen (secondary N) is 1. The highest BCUT2D eigenvalue weighted by Crippen LogP contribution is 2.32. The zero-order valence-electron chi connectivity index (χ0n) is 9.18. The fourth-order valence-electron chi connectivity index (χ4n) is 1.36. The van der Waals surface area contributed by atoms with Crippen LogP contribution in [0.15, 0.2) is 12.1 Å². The van der Waals surface area contributed by atoms with Crippen LogP contribution in [0.3, 0.4) is 0 Å². The molecule has 0 saturated heterocycles. The second-order valence-corrected chi connectivity index (χ2v) is 3.05. The Balaban J connectivity index is 0.00000196. The summed E-state index contributed by atoms with van der Waals surface area (Å²) >= 11 is 0. The number of rotatable bonds is 4. The van der Waals surface area contributed by atoms with Crippen molar-refractivity contribution in [1.29, 1.82) is 0 Å². The topological polar surface area (TPSA) is 30.5 Å². The Kier molecular flexibility index (Phi) is 5.60. The van der Waals surface area contributed by atoms with Crippen LogP contribution in [-0.4, -0.2) is 20.8 Å². The highest BCUT2D eigenvalue weighted by molar-refractivity contribution is 5.60. The molecule has 0 radical (unpaired) electrons. The summed E-state index contributed by atoms with van der Waals surface area (Å²) in [5.74, 6) is 1.53. The second kappa shape index (κ2) is 6.17. The van der Waals surface area contributed by atoms with Gasteiger partial charge in [0, 0.05) is 18.3 Å². The van der Waals surface area contributed by atoms with Gasteiger partial charge in [-0.2, -0.15) is 0 Å². The van der Waals surface area contributed by atoms with Crippen molar-refractivity contribution in [2.45, 2.75) is 21.3 Å². The van der Waals surface area contributed by atoms with E-state index in [2.05, 4.69) is 12.2 Å². The SMILES string of the molecule is C.CCNc1cc(OC)c(OC)cc1C. The molecular formula is C12H21NO2. The molecule has 1 rings (SSSR count). The van der Waals surface area contributed by atoms with E-state index in [9.17, 15) is 0 Å². The maximum Gasteiger partial charge on any atom is 0.162 e. The molecule has 0 aliphatic rings. The molecule has 86 valence electrons. The van der Waals surface area contributed by atoms with Crippen molar-refractivity contribution >= 4 is 5.69 Å². The summed E-state index contributed by atoms with van der Waals surface area (Å²) in [7, 11) is 3.28. The van der Waals surface area contributed by atoms with E-state index in [4.69, 9.17) is 9.47 Å². The van der Waals surface area contributed by atoms with Crippen molar-refractivity contribution in [2.24, 2.45) is 0 Å². The fraction of sp³-hybridized carbons (Fsp3) is 0.500. The Morgan fingerprint density at radius 1 is 1.13 bits per heavy atom. The summed E-state index contributed by atoms with van der Waals surface area (Å²) in [5, 5.41) is 3.27. The molecule has 0 aliphatic carbocycles. The third-order valence-corrected chi connectivity index (χ3v) is 2.10. The van der Waals surface area contributed by atoms with Gasteiger partial charge in [0.2, 0.25) is 0 Å². The molecule has 0 aliphatic heterocycles. The minimum atomic E-state index is 0. The molecular weight excluding hydrogens is 190 g/mol. The number of hydrogen-bond acceptors (Lipinski definition) is 3. The van der Waals surface area contributed by atoms with Crippen LogP contribution in [0.2, 0.25) is 0 Å². The van der Waals surface area contributed by atoms with Gasteiger partial charge in [0.25, 0.3) is 0 Å². The molecule has 0 fully saturated rings. The van der Waals surface area contributed by atoms with Crippen LogP contribution >= 0.6 is 0 Å². The van der Waals surface area contributed by atoms with E-state index in [0.29, 0.717) is 0 Å². The maximum absolute atomic E-state index is 5.21. The van der Waals surface area contributed by atoms with Crippen LogP contribution < -0.4 is 14.8 Å². The minimum absolute atomic E-state index is 0. The fourth-order valence-corrected chi connectivity index (χ4v) is 1.36. The highest BCUT2D eigenvalue weighted by atomic mass is 16.5. The summed E-state index contributed by atoms with van der Waals surface area (Å²) < 4.78 is 10.4. The summed E-state index contributed by atoms with van der Waals surface area (Å²) in [4.78, 5) is 0. The normalized spacial score (nSPS) is 9.07. The van der Waals surface area contributed by atoms with Crippen molar-refractivity contribution < 1.29 is 9.47 Å². The predicted molar refractivity (Wildman–Crippen MR) is 65.2 cm³/mol. The lowest BCUT2D eigenvalue weighted by Gasteiger charge is -2.13. The maximum atomic E-state index is 5.21. The summed E-state index contributed by atoms with van der Waals surface area (Å²) in [6, 6.07) is 3.93. The van der Waals surface area contributed by atoms with Gasteiger partial charge in [0.05, 0.1) is 14.2 Å². The number of anilines is 1. The van der Waals surface area contributed by atoms with Crippen LogP contribution in [0.1, 0.15) is 19.9 Å². The highest BCUT2D eigenvalue weighted by Gasteiger charge is 2.07. The largest absolute Gasteiger partial charge is 0.493 e. The van der Waals surface area contributed by atoms with Crippen LogP contribution in [0.4, 0.5) is 5.69 Å². The Hall–Kier alpha value is -1.38. The van der Waals surface area contributed by atoms with Crippen molar-refractivity contribution in [2.75, 3.05) is 26.1 Å². The lowest BCUT2D eigenvalue weighted by molar-refractivity contribution is 0.355. The van der Waals surface area contributed by atoms with Gasteiger partial charge >= 0.3 is 0 Å². The van der Waals surface area contributed by atoms with Gasteiger partial charge in [-0.05, 0) is 25.5 Å². The number of methoxy groups -OCH3 is 2. The van der Waals surface area contributed by atoms with Crippen LogP contribution in [0.25, 0.3) is 0 Å². The first-order chi connectivity index (χ1) is 6.72. The van der Waals surface area contributed by atoms with E-state index in [1.165, 1.54) is 0 Å². The van der Waals surface area contributed by atoms with Crippen molar-refractivity contribution in [1.82, 2.24) is 0 Å². The van der Waals surface area contributed by atoms with Gasteiger partial charge in [-0.25, -0.2) is 0 Å². The summed E-state index contributed by atoms with van der Waals surface area (Å²) in [6.07, 6.45) is 0. The van der Waals surface area contributed by atoms with Crippen LogP contribution in [-0.2, 0) is 0 Å². The van der Waals surface area contributed by atoms with Gasteiger partial charge in [0.1, 0.15) is 0 Å². The third-order valence-electron chi connectivity index (χ3n) is 2.10. The smallest absolute Gasteiger partial charge is 0.162 e. The summed E-state index contributed by atoms with van der Waals surface area (Å²) in [5.41, 5.74) is 2.25. The molecule has 0 amide bonds. The molecule has 3 nitrogen and oxygen atoms in total. The Morgan fingerprint density at radius 2 is 1.67 bits per heavy atom.